The average Bonchev–Trinajstić information content (AvgIpc) is 2.91. The highest BCUT2D eigenvalue weighted by Crippen LogP contribution is 2.32. The Morgan fingerprint density at radius 1 is 0.861 bits per heavy atom. The highest BCUT2D eigenvalue weighted by molar-refractivity contribution is 6.42. The van der Waals surface area contributed by atoms with Crippen LogP contribution in [0.1, 0.15) is 28.4 Å². The van der Waals surface area contributed by atoms with Gasteiger partial charge in [0, 0.05) is 47.8 Å². The van der Waals surface area contributed by atoms with Gasteiger partial charge in [-0.15, -0.1) is 0 Å². The van der Waals surface area contributed by atoms with Crippen LogP contribution in [0.5, 0.6) is 0 Å². The number of halogens is 3. The summed E-state index contributed by atoms with van der Waals surface area (Å²) in [6, 6.07) is 19.7. The van der Waals surface area contributed by atoms with Crippen LogP contribution >= 0.6 is 34.8 Å². The molecule has 0 atom stereocenters. The molecule has 4 nitrogen and oxygen atoms in total. The molecule has 1 saturated heterocycles. The first-order chi connectivity index (χ1) is 17.4. The monoisotopic (exact) mass is 537 g/mol. The molecule has 0 N–H and O–H groups in total. The average molecular weight is 539 g/mol. The van der Waals surface area contributed by atoms with E-state index in [0.29, 0.717) is 46.8 Å². The van der Waals surface area contributed by atoms with Crippen LogP contribution in [-0.2, 0) is 6.42 Å². The van der Waals surface area contributed by atoms with Crippen LogP contribution in [0.3, 0.4) is 0 Å². The van der Waals surface area contributed by atoms with Crippen LogP contribution in [0, 0.1) is 6.92 Å². The number of aryl methyl sites for hydroxylation is 2. The van der Waals surface area contributed by atoms with Crippen molar-refractivity contribution in [1.29, 1.82) is 0 Å². The zero-order valence-electron chi connectivity index (χ0n) is 20.2. The molecule has 0 radical (unpaired) electrons. The van der Waals surface area contributed by atoms with E-state index in [1.165, 1.54) is 5.56 Å². The van der Waals surface area contributed by atoms with E-state index in [2.05, 4.69) is 36.1 Å². The molecule has 5 rings (SSSR count). The number of anilines is 1. The number of fused-ring (bicyclic) bond motifs is 1. The van der Waals surface area contributed by atoms with Gasteiger partial charge in [0.2, 0.25) is 0 Å². The highest BCUT2D eigenvalue weighted by atomic mass is 35.5. The Kier molecular flexibility index (Phi) is 7.11. The molecule has 0 unspecified atom stereocenters. The molecule has 4 aromatic rings. The topological polar surface area (TPSA) is 36.4 Å². The summed E-state index contributed by atoms with van der Waals surface area (Å²) in [7, 11) is 0. The molecule has 184 valence electrons. The quantitative estimate of drug-likeness (QED) is 0.267. The number of rotatable bonds is 4. The first-order valence-electron chi connectivity index (χ1n) is 12.0. The molecule has 1 aliphatic heterocycles. The standard InChI is InChI=1S/C29H26Cl3N3O/c1-3-19-4-6-20(7-5-19)27-17-23(22-9-11-24(30)18(2)28(22)33-27)29(36)35-14-12-34(13-15-35)21-8-10-25(31)26(32)16-21/h4-11,16-17H,3,12-15H2,1-2H3. The second kappa shape index (κ2) is 10.3. The Bertz CT molecular complexity index is 1440. The zero-order valence-corrected chi connectivity index (χ0v) is 22.5. The lowest BCUT2D eigenvalue weighted by molar-refractivity contribution is 0.0748. The molecule has 1 aliphatic rings. The number of hydrogen-bond donors (Lipinski definition) is 0. The number of aromatic nitrogens is 1. The zero-order chi connectivity index (χ0) is 25.4. The van der Waals surface area contributed by atoms with E-state index in [1.807, 2.05) is 48.2 Å². The number of carbonyl (C=O) groups excluding carboxylic acids is 1. The van der Waals surface area contributed by atoms with Crippen molar-refractivity contribution in [2.24, 2.45) is 0 Å². The summed E-state index contributed by atoms with van der Waals surface area (Å²) in [6.45, 7) is 6.72. The van der Waals surface area contributed by atoms with Gasteiger partial charge in [0.25, 0.3) is 5.91 Å². The maximum Gasteiger partial charge on any atom is 0.254 e. The third kappa shape index (κ3) is 4.78. The van der Waals surface area contributed by atoms with Crippen LogP contribution < -0.4 is 4.90 Å². The van der Waals surface area contributed by atoms with E-state index < -0.39 is 0 Å². The van der Waals surface area contributed by atoms with Crippen LogP contribution in [-0.4, -0.2) is 42.0 Å². The van der Waals surface area contributed by atoms with Crippen molar-refractivity contribution in [2.75, 3.05) is 31.1 Å². The number of pyridine rings is 1. The van der Waals surface area contributed by atoms with E-state index in [9.17, 15) is 4.79 Å². The Labute approximate surface area is 226 Å². The number of nitrogens with zero attached hydrogens (tertiary/aromatic N) is 3. The predicted molar refractivity (Wildman–Crippen MR) is 151 cm³/mol. The van der Waals surface area contributed by atoms with E-state index >= 15 is 0 Å². The largest absolute Gasteiger partial charge is 0.368 e. The predicted octanol–water partition coefficient (Wildman–Crippen LogP) is 7.70. The molecule has 1 fully saturated rings. The molecule has 0 aliphatic carbocycles. The van der Waals surface area contributed by atoms with Gasteiger partial charge in [-0.05, 0) is 54.8 Å². The molecule has 0 bridgehead atoms. The third-order valence-electron chi connectivity index (χ3n) is 6.89. The summed E-state index contributed by atoms with van der Waals surface area (Å²) in [5, 5.41) is 2.53. The molecule has 7 heteroatoms. The van der Waals surface area contributed by atoms with Crippen molar-refractivity contribution in [1.82, 2.24) is 9.88 Å². The molecular formula is C29H26Cl3N3O. The fourth-order valence-corrected chi connectivity index (χ4v) is 5.10. The number of benzene rings is 3. The van der Waals surface area contributed by atoms with Gasteiger partial charge in [-0.25, -0.2) is 4.98 Å². The van der Waals surface area contributed by atoms with Crippen molar-refractivity contribution < 1.29 is 4.79 Å². The lowest BCUT2D eigenvalue weighted by Crippen LogP contribution is -2.48. The van der Waals surface area contributed by atoms with Gasteiger partial charge >= 0.3 is 0 Å². The number of amides is 1. The molecular weight excluding hydrogens is 513 g/mol. The van der Waals surface area contributed by atoms with Crippen LogP contribution in [0.2, 0.25) is 15.1 Å². The van der Waals surface area contributed by atoms with Gasteiger partial charge < -0.3 is 9.80 Å². The van der Waals surface area contributed by atoms with Gasteiger partial charge in [0.1, 0.15) is 0 Å². The van der Waals surface area contributed by atoms with E-state index in [1.54, 1.807) is 0 Å². The minimum atomic E-state index is 0.00402. The van der Waals surface area contributed by atoms with Gasteiger partial charge in [-0.2, -0.15) is 0 Å². The SMILES string of the molecule is CCc1ccc(-c2cc(C(=O)N3CCN(c4ccc(Cl)c(Cl)c4)CC3)c3ccc(Cl)c(C)c3n2)cc1. The van der Waals surface area contributed by atoms with Crippen molar-refractivity contribution >= 4 is 57.3 Å². The number of piperazine rings is 1. The summed E-state index contributed by atoms with van der Waals surface area (Å²) in [6.07, 6.45) is 0.970. The second-order valence-electron chi connectivity index (χ2n) is 9.05. The number of hydrogen-bond acceptors (Lipinski definition) is 3. The summed E-state index contributed by atoms with van der Waals surface area (Å²) >= 11 is 18.7. The van der Waals surface area contributed by atoms with E-state index in [0.717, 1.165) is 39.8 Å². The normalized spacial score (nSPS) is 13.9. The van der Waals surface area contributed by atoms with Crippen molar-refractivity contribution in [2.45, 2.75) is 20.3 Å². The smallest absolute Gasteiger partial charge is 0.254 e. The minimum absolute atomic E-state index is 0.00402. The summed E-state index contributed by atoms with van der Waals surface area (Å²) in [5.74, 6) is 0.00402. The van der Waals surface area contributed by atoms with Crippen molar-refractivity contribution in [3.8, 4) is 11.3 Å². The second-order valence-corrected chi connectivity index (χ2v) is 10.3. The Morgan fingerprint density at radius 3 is 2.22 bits per heavy atom. The molecule has 1 amide bonds. The third-order valence-corrected chi connectivity index (χ3v) is 8.04. The first kappa shape index (κ1) is 24.9. The van der Waals surface area contributed by atoms with Gasteiger partial charge in [-0.3, -0.25) is 4.79 Å². The lowest BCUT2D eigenvalue weighted by Gasteiger charge is -2.36. The van der Waals surface area contributed by atoms with Crippen LogP contribution in [0.4, 0.5) is 5.69 Å². The molecule has 0 saturated carbocycles. The van der Waals surface area contributed by atoms with Gasteiger partial charge in [0.15, 0.2) is 0 Å². The molecule has 36 heavy (non-hydrogen) atoms. The maximum atomic E-state index is 13.8. The maximum absolute atomic E-state index is 13.8. The molecule has 3 aromatic carbocycles. The minimum Gasteiger partial charge on any atom is -0.368 e. The van der Waals surface area contributed by atoms with Gasteiger partial charge in [0.05, 0.1) is 26.8 Å². The molecule has 1 aromatic heterocycles. The van der Waals surface area contributed by atoms with Crippen LogP contribution in [0.15, 0.2) is 60.7 Å². The Morgan fingerprint density at radius 2 is 1.56 bits per heavy atom. The Balaban J connectivity index is 1.47. The molecule has 0 spiro atoms. The number of carbonyl (C=O) groups is 1. The summed E-state index contributed by atoms with van der Waals surface area (Å²) in [4.78, 5) is 22.9. The lowest BCUT2D eigenvalue weighted by atomic mass is 10.00. The summed E-state index contributed by atoms with van der Waals surface area (Å²) in [5.41, 5.74) is 6.30. The molecule has 2 heterocycles. The van der Waals surface area contributed by atoms with E-state index in [-0.39, 0.29) is 5.91 Å². The fraction of sp³-hybridized carbons (Fsp3) is 0.241. The fourth-order valence-electron chi connectivity index (χ4n) is 4.66. The highest BCUT2D eigenvalue weighted by Gasteiger charge is 2.25. The summed E-state index contributed by atoms with van der Waals surface area (Å²) < 4.78 is 0. The van der Waals surface area contributed by atoms with Crippen molar-refractivity contribution in [3.05, 3.63) is 92.4 Å². The van der Waals surface area contributed by atoms with Crippen molar-refractivity contribution in [3.63, 3.8) is 0 Å². The van der Waals surface area contributed by atoms with Gasteiger partial charge in [-0.1, -0.05) is 72.1 Å². The first-order valence-corrected chi connectivity index (χ1v) is 13.2. The van der Waals surface area contributed by atoms with E-state index in [4.69, 9.17) is 39.8 Å². The van der Waals surface area contributed by atoms with Crippen LogP contribution in [0.25, 0.3) is 22.2 Å². The Hall–Kier alpha value is -2.79.